The Morgan fingerprint density at radius 1 is 1.55 bits per heavy atom. The molecule has 1 rings (SSSR count). The van der Waals surface area contributed by atoms with Gasteiger partial charge in [-0.1, -0.05) is 12.8 Å². The van der Waals surface area contributed by atoms with Gasteiger partial charge in [0.1, 0.15) is 0 Å². The van der Waals surface area contributed by atoms with E-state index in [9.17, 15) is 4.79 Å². The lowest BCUT2D eigenvalue weighted by Gasteiger charge is -2.23. The van der Waals surface area contributed by atoms with Gasteiger partial charge in [0.15, 0.2) is 0 Å². The lowest BCUT2D eigenvalue weighted by atomic mass is 10.0. The molecule has 0 atom stereocenters. The zero-order valence-corrected chi connectivity index (χ0v) is 6.89. The number of nitrogens with one attached hydrogen (secondary N) is 1. The molecule has 2 N–H and O–H groups in total. The molecule has 0 aromatic rings. The maximum atomic E-state index is 10.2. The number of hydrogen-bond acceptors (Lipinski definition) is 2. The van der Waals surface area contributed by atoms with Crippen LogP contribution in [0.2, 0.25) is 0 Å². The molecule has 0 amide bonds. The first-order chi connectivity index (χ1) is 5.12. The highest BCUT2D eigenvalue weighted by Gasteiger charge is 2.28. The Balaban J connectivity index is 2.28. The molecule has 0 spiro atoms. The van der Waals surface area contributed by atoms with Crippen LogP contribution in [0, 0.1) is 0 Å². The van der Waals surface area contributed by atoms with Crippen LogP contribution in [0.3, 0.4) is 0 Å². The van der Waals surface area contributed by atoms with Gasteiger partial charge in [0.05, 0.1) is 6.54 Å². The summed E-state index contributed by atoms with van der Waals surface area (Å²) in [5.41, 5.74) is 0.0956. The molecule has 0 heterocycles. The van der Waals surface area contributed by atoms with E-state index < -0.39 is 5.97 Å². The van der Waals surface area contributed by atoms with Crippen molar-refractivity contribution in [2.45, 2.75) is 38.1 Å². The molecule has 0 aromatic heterocycles. The summed E-state index contributed by atoms with van der Waals surface area (Å²) in [7, 11) is 0. The standard InChI is InChI=1S/C8H15NO2/c1-8(4-2-3-5-8)9-6-7(10)11/h9H,2-6H2,1H3,(H,10,11). The zero-order chi connectivity index (χ0) is 8.32. The number of aliphatic carboxylic acids is 1. The summed E-state index contributed by atoms with van der Waals surface area (Å²) in [4.78, 5) is 10.2. The Hall–Kier alpha value is -0.570. The van der Waals surface area contributed by atoms with Crippen molar-refractivity contribution in [3.63, 3.8) is 0 Å². The number of carboxylic acid groups (broad SMARTS) is 1. The van der Waals surface area contributed by atoms with Gasteiger partial charge >= 0.3 is 5.97 Å². The highest BCUT2D eigenvalue weighted by atomic mass is 16.4. The first-order valence-electron chi connectivity index (χ1n) is 4.09. The van der Waals surface area contributed by atoms with Gasteiger partial charge in [-0.3, -0.25) is 4.79 Å². The Morgan fingerprint density at radius 3 is 2.55 bits per heavy atom. The van der Waals surface area contributed by atoms with Crippen molar-refractivity contribution in [1.82, 2.24) is 5.32 Å². The van der Waals surface area contributed by atoms with Gasteiger partial charge < -0.3 is 10.4 Å². The van der Waals surface area contributed by atoms with Gasteiger partial charge in [0, 0.05) is 5.54 Å². The first-order valence-corrected chi connectivity index (χ1v) is 4.09. The third-order valence-corrected chi connectivity index (χ3v) is 2.37. The van der Waals surface area contributed by atoms with E-state index in [2.05, 4.69) is 12.2 Å². The van der Waals surface area contributed by atoms with E-state index in [4.69, 9.17) is 5.11 Å². The Kier molecular flexibility index (Phi) is 2.49. The fourth-order valence-corrected chi connectivity index (χ4v) is 1.62. The van der Waals surface area contributed by atoms with Gasteiger partial charge in [-0.15, -0.1) is 0 Å². The summed E-state index contributed by atoms with van der Waals surface area (Å²) in [5, 5.41) is 11.5. The van der Waals surface area contributed by atoms with Crippen LogP contribution in [0.1, 0.15) is 32.6 Å². The first kappa shape index (κ1) is 8.53. The molecule has 3 nitrogen and oxygen atoms in total. The average molecular weight is 157 g/mol. The topological polar surface area (TPSA) is 49.3 Å². The second-order valence-electron chi connectivity index (χ2n) is 3.52. The fraction of sp³-hybridized carbons (Fsp3) is 0.875. The molecule has 0 saturated heterocycles. The lowest BCUT2D eigenvalue weighted by molar-refractivity contribution is -0.136. The minimum absolute atomic E-state index is 0.0938. The van der Waals surface area contributed by atoms with Crippen molar-refractivity contribution in [2.24, 2.45) is 0 Å². The van der Waals surface area contributed by atoms with Crippen molar-refractivity contribution < 1.29 is 9.90 Å². The van der Waals surface area contributed by atoms with Crippen molar-refractivity contribution in [1.29, 1.82) is 0 Å². The van der Waals surface area contributed by atoms with Crippen LogP contribution in [0.5, 0.6) is 0 Å². The van der Waals surface area contributed by atoms with Crippen LogP contribution in [-0.2, 0) is 4.79 Å². The number of rotatable bonds is 3. The largest absolute Gasteiger partial charge is 0.480 e. The molecule has 0 aliphatic heterocycles. The summed E-state index contributed by atoms with van der Waals surface area (Å²) in [6.45, 7) is 2.19. The smallest absolute Gasteiger partial charge is 0.317 e. The van der Waals surface area contributed by atoms with E-state index in [-0.39, 0.29) is 12.1 Å². The number of carboxylic acids is 1. The van der Waals surface area contributed by atoms with Crippen molar-refractivity contribution in [3.8, 4) is 0 Å². The average Bonchev–Trinajstić information content (AvgIpc) is 2.33. The lowest BCUT2D eigenvalue weighted by Crippen LogP contribution is -2.42. The van der Waals surface area contributed by atoms with E-state index in [1.165, 1.54) is 12.8 Å². The molecule has 64 valence electrons. The summed E-state index contributed by atoms with van der Waals surface area (Å²) in [5.74, 6) is -0.766. The van der Waals surface area contributed by atoms with Crippen molar-refractivity contribution >= 4 is 5.97 Å². The van der Waals surface area contributed by atoms with Crippen molar-refractivity contribution in [2.75, 3.05) is 6.54 Å². The van der Waals surface area contributed by atoms with E-state index in [1.807, 2.05) is 0 Å². The molecule has 0 bridgehead atoms. The maximum absolute atomic E-state index is 10.2. The Morgan fingerprint density at radius 2 is 2.09 bits per heavy atom. The van der Waals surface area contributed by atoms with Crippen LogP contribution < -0.4 is 5.32 Å². The Bertz CT molecular complexity index is 150. The molecule has 1 fully saturated rings. The van der Waals surface area contributed by atoms with Gasteiger partial charge in [0.25, 0.3) is 0 Å². The predicted molar refractivity (Wildman–Crippen MR) is 42.5 cm³/mol. The maximum Gasteiger partial charge on any atom is 0.317 e. The van der Waals surface area contributed by atoms with Crippen LogP contribution in [0.4, 0.5) is 0 Å². The predicted octanol–water partition coefficient (Wildman–Crippen LogP) is 0.993. The van der Waals surface area contributed by atoms with Crippen molar-refractivity contribution in [3.05, 3.63) is 0 Å². The molecule has 1 aliphatic rings. The van der Waals surface area contributed by atoms with Gasteiger partial charge in [0.2, 0.25) is 0 Å². The molecule has 11 heavy (non-hydrogen) atoms. The minimum atomic E-state index is -0.766. The van der Waals surface area contributed by atoms with Crippen LogP contribution in [-0.4, -0.2) is 23.2 Å². The van der Waals surface area contributed by atoms with Crippen LogP contribution in [0.25, 0.3) is 0 Å². The fourth-order valence-electron chi connectivity index (χ4n) is 1.62. The zero-order valence-electron chi connectivity index (χ0n) is 6.89. The third-order valence-electron chi connectivity index (χ3n) is 2.37. The molecule has 1 aliphatic carbocycles. The molecular weight excluding hydrogens is 142 g/mol. The normalized spacial score (nSPS) is 21.9. The molecule has 1 saturated carbocycles. The summed E-state index contributed by atoms with van der Waals surface area (Å²) < 4.78 is 0. The van der Waals surface area contributed by atoms with E-state index in [0.29, 0.717) is 0 Å². The van der Waals surface area contributed by atoms with E-state index in [0.717, 1.165) is 12.8 Å². The van der Waals surface area contributed by atoms with E-state index in [1.54, 1.807) is 0 Å². The second-order valence-corrected chi connectivity index (χ2v) is 3.52. The molecule has 3 heteroatoms. The second kappa shape index (κ2) is 3.22. The Labute approximate surface area is 66.8 Å². The third kappa shape index (κ3) is 2.50. The summed E-state index contributed by atoms with van der Waals surface area (Å²) in [6, 6.07) is 0. The molecular formula is C8H15NO2. The summed E-state index contributed by atoms with van der Waals surface area (Å²) >= 11 is 0. The van der Waals surface area contributed by atoms with Gasteiger partial charge in [-0.25, -0.2) is 0 Å². The van der Waals surface area contributed by atoms with Gasteiger partial charge in [-0.2, -0.15) is 0 Å². The minimum Gasteiger partial charge on any atom is -0.480 e. The SMILES string of the molecule is CC1(NCC(=O)O)CCCC1. The van der Waals surface area contributed by atoms with Crippen LogP contribution in [0.15, 0.2) is 0 Å². The van der Waals surface area contributed by atoms with Gasteiger partial charge in [-0.05, 0) is 19.8 Å². The molecule has 0 unspecified atom stereocenters. The van der Waals surface area contributed by atoms with E-state index >= 15 is 0 Å². The summed E-state index contributed by atoms with van der Waals surface area (Å²) in [6.07, 6.45) is 4.67. The highest BCUT2D eigenvalue weighted by Crippen LogP contribution is 2.28. The monoisotopic (exact) mass is 157 g/mol. The molecule has 0 radical (unpaired) electrons. The quantitative estimate of drug-likeness (QED) is 0.642. The highest BCUT2D eigenvalue weighted by molar-refractivity contribution is 5.69. The number of hydrogen-bond donors (Lipinski definition) is 2. The number of carbonyl (C=O) groups is 1. The molecule has 0 aromatic carbocycles. The van der Waals surface area contributed by atoms with Crippen LogP contribution >= 0.6 is 0 Å².